The molecule has 0 spiro atoms. The highest BCUT2D eigenvalue weighted by molar-refractivity contribution is 5.74. The van der Waals surface area contributed by atoms with Crippen LogP contribution in [0.2, 0.25) is 0 Å². The van der Waals surface area contributed by atoms with Crippen LogP contribution in [-0.2, 0) is 17.8 Å². The fourth-order valence-corrected chi connectivity index (χ4v) is 4.81. The number of nitrogens with zero attached hydrogens (tertiary/aromatic N) is 1. The zero-order valence-corrected chi connectivity index (χ0v) is 15.6. The number of carboxylic acid groups (broad SMARTS) is 1. The van der Waals surface area contributed by atoms with Crippen molar-refractivity contribution in [2.45, 2.75) is 62.8 Å². The Kier molecular flexibility index (Phi) is 5.55. The highest BCUT2D eigenvalue weighted by Crippen LogP contribution is 2.37. The van der Waals surface area contributed by atoms with Crippen molar-refractivity contribution in [1.29, 1.82) is 0 Å². The van der Waals surface area contributed by atoms with Gasteiger partial charge in [0.15, 0.2) is 0 Å². The van der Waals surface area contributed by atoms with Gasteiger partial charge in [0.1, 0.15) is 6.04 Å². The molecule has 2 fully saturated rings. The molecule has 4 nitrogen and oxygen atoms in total. The molecule has 0 saturated carbocycles. The average Bonchev–Trinajstić information content (AvgIpc) is 2.91. The molecule has 2 aromatic carbocycles. The first kappa shape index (κ1) is 18.2. The Labute approximate surface area is 161 Å². The van der Waals surface area contributed by atoms with Crippen molar-refractivity contribution in [2.24, 2.45) is 0 Å². The lowest BCUT2D eigenvalue weighted by molar-refractivity contribution is -0.139. The standard InChI is InChI=1S/C23H28N2O2/c26-23(27)22(13-17-7-3-1-4-8-17)24-19-14-20-11-12-21(15-19)25(20)16-18-9-5-2-6-10-18/h1-10,19-22,24H,11-16H2,(H,26,27)/t19?,20?,21?,22-/m1/s1. The van der Waals surface area contributed by atoms with Gasteiger partial charge < -0.3 is 10.4 Å². The first-order valence-electron chi connectivity index (χ1n) is 10.0. The summed E-state index contributed by atoms with van der Waals surface area (Å²) >= 11 is 0. The van der Waals surface area contributed by atoms with E-state index in [1.165, 1.54) is 18.4 Å². The van der Waals surface area contributed by atoms with Gasteiger partial charge in [0.25, 0.3) is 0 Å². The molecule has 2 unspecified atom stereocenters. The number of aliphatic carboxylic acids is 1. The number of piperidine rings is 1. The molecule has 2 aliphatic rings. The molecule has 4 rings (SSSR count). The number of rotatable bonds is 7. The summed E-state index contributed by atoms with van der Waals surface area (Å²) in [6.45, 7) is 1.01. The molecule has 2 aromatic rings. The fourth-order valence-electron chi connectivity index (χ4n) is 4.81. The monoisotopic (exact) mass is 364 g/mol. The van der Waals surface area contributed by atoms with Gasteiger partial charge in [-0.1, -0.05) is 60.7 Å². The molecule has 2 bridgehead atoms. The molecule has 2 heterocycles. The van der Waals surface area contributed by atoms with Gasteiger partial charge in [-0.2, -0.15) is 0 Å². The predicted molar refractivity (Wildman–Crippen MR) is 107 cm³/mol. The first-order valence-corrected chi connectivity index (χ1v) is 10.0. The van der Waals surface area contributed by atoms with Crippen molar-refractivity contribution in [3.05, 3.63) is 71.8 Å². The Hall–Kier alpha value is -2.17. The summed E-state index contributed by atoms with van der Waals surface area (Å²) in [5.74, 6) is -0.752. The highest BCUT2D eigenvalue weighted by atomic mass is 16.4. The van der Waals surface area contributed by atoms with Gasteiger partial charge in [0, 0.05) is 24.7 Å². The normalized spacial score (nSPS) is 26.0. The van der Waals surface area contributed by atoms with Gasteiger partial charge in [0.2, 0.25) is 0 Å². The maximum Gasteiger partial charge on any atom is 0.321 e. The lowest BCUT2D eigenvalue weighted by atomic mass is 9.95. The summed E-state index contributed by atoms with van der Waals surface area (Å²) in [4.78, 5) is 14.4. The van der Waals surface area contributed by atoms with Gasteiger partial charge in [-0.25, -0.2) is 0 Å². The fraction of sp³-hybridized carbons (Fsp3) is 0.435. The molecule has 2 saturated heterocycles. The third-order valence-electron chi connectivity index (χ3n) is 6.11. The lowest BCUT2D eigenvalue weighted by Crippen LogP contribution is -2.53. The number of hydrogen-bond acceptors (Lipinski definition) is 3. The topological polar surface area (TPSA) is 52.6 Å². The van der Waals surface area contributed by atoms with Crippen LogP contribution in [0, 0.1) is 0 Å². The summed E-state index contributed by atoms with van der Waals surface area (Å²) in [6, 6.07) is 21.5. The molecule has 0 aromatic heterocycles. The van der Waals surface area contributed by atoms with Gasteiger partial charge >= 0.3 is 5.97 Å². The zero-order chi connectivity index (χ0) is 18.6. The number of carbonyl (C=O) groups is 1. The Morgan fingerprint density at radius 2 is 1.52 bits per heavy atom. The van der Waals surface area contributed by atoms with Crippen molar-refractivity contribution in [3.8, 4) is 0 Å². The van der Waals surface area contributed by atoms with Crippen LogP contribution in [0.3, 0.4) is 0 Å². The molecule has 0 radical (unpaired) electrons. The van der Waals surface area contributed by atoms with Crippen LogP contribution in [0.15, 0.2) is 60.7 Å². The van der Waals surface area contributed by atoms with Crippen LogP contribution >= 0.6 is 0 Å². The number of nitrogens with one attached hydrogen (secondary N) is 1. The Bertz CT molecular complexity index is 735. The van der Waals surface area contributed by atoms with Gasteiger partial charge in [0.05, 0.1) is 0 Å². The predicted octanol–water partition coefficient (Wildman–Crippen LogP) is 3.47. The van der Waals surface area contributed by atoms with Crippen LogP contribution in [0.25, 0.3) is 0 Å². The third kappa shape index (κ3) is 4.40. The second kappa shape index (κ2) is 8.24. The lowest BCUT2D eigenvalue weighted by Gasteiger charge is -2.40. The van der Waals surface area contributed by atoms with Crippen LogP contribution in [0.5, 0.6) is 0 Å². The Morgan fingerprint density at radius 3 is 2.07 bits per heavy atom. The van der Waals surface area contributed by atoms with E-state index < -0.39 is 12.0 Å². The van der Waals surface area contributed by atoms with Crippen LogP contribution in [-0.4, -0.2) is 40.1 Å². The summed E-state index contributed by atoms with van der Waals surface area (Å²) in [6.07, 6.45) is 5.08. The number of fused-ring (bicyclic) bond motifs is 2. The molecule has 0 amide bonds. The van der Waals surface area contributed by atoms with Crippen molar-refractivity contribution < 1.29 is 9.90 Å². The minimum Gasteiger partial charge on any atom is -0.480 e. The van der Waals surface area contributed by atoms with Gasteiger partial charge in [-0.15, -0.1) is 0 Å². The van der Waals surface area contributed by atoms with Crippen molar-refractivity contribution in [2.75, 3.05) is 0 Å². The summed E-state index contributed by atoms with van der Waals surface area (Å²) in [5, 5.41) is 13.1. The maximum atomic E-state index is 11.8. The second-order valence-corrected chi connectivity index (χ2v) is 7.96. The van der Waals surface area contributed by atoms with Gasteiger partial charge in [-0.3, -0.25) is 9.69 Å². The maximum absolute atomic E-state index is 11.8. The molecule has 27 heavy (non-hydrogen) atoms. The minimum absolute atomic E-state index is 0.291. The van der Waals surface area contributed by atoms with Crippen LogP contribution < -0.4 is 5.32 Å². The number of benzene rings is 2. The number of carboxylic acids is 1. The smallest absolute Gasteiger partial charge is 0.321 e. The van der Waals surface area contributed by atoms with E-state index in [0.29, 0.717) is 24.5 Å². The molecular formula is C23H28N2O2. The molecule has 3 atom stereocenters. The largest absolute Gasteiger partial charge is 0.480 e. The van der Waals surface area contributed by atoms with Gasteiger partial charge in [-0.05, 0) is 43.2 Å². The second-order valence-electron chi connectivity index (χ2n) is 7.96. The molecule has 142 valence electrons. The average molecular weight is 364 g/mol. The van der Waals surface area contributed by atoms with E-state index in [2.05, 4.69) is 40.5 Å². The Balaban J connectivity index is 1.38. The van der Waals surface area contributed by atoms with Crippen LogP contribution in [0.1, 0.15) is 36.8 Å². The molecule has 2 aliphatic heterocycles. The summed E-state index contributed by atoms with van der Waals surface area (Å²) in [7, 11) is 0. The van der Waals surface area contributed by atoms with Crippen molar-refractivity contribution in [3.63, 3.8) is 0 Å². The van der Waals surface area contributed by atoms with E-state index >= 15 is 0 Å². The molecule has 2 N–H and O–H groups in total. The van der Waals surface area contributed by atoms with E-state index in [1.54, 1.807) is 0 Å². The van der Waals surface area contributed by atoms with Crippen molar-refractivity contribution in [1.82, 2.24) is 10.2 Å². The molecular weight excluding hydrogens is 336 g/mol. The minimum atomic E-state index is -0.752. The quantitative estimate of drug-likeness (QED) is 0.790. The van der Waals surface area contributed by atoms with Crippen LogP contribution in [0.4, 0.5) is 0 Å². The summed E-state index contributed by atoms with van der Waals surface area (Å²) in [5.41, 5.74) is 2.44. The Morgan fingerprint density at radius 1 is 0.963 bits per heavy atom. The van der Waals surface area contributed by atoms with E-state index in [9.17, 15) is 9.90 Å². The first-order chi connectivity index (χ1) is 13.2. The van der Waals surface area contributed by atoms with Crippen molar-refractivity contribution >= 4 is 5.97 Å². The van der Waals surface area contributed by atoms with E-state index in [4.69, 9.17) is 0 Å². The van der Waals surface area contributed by atoms with E-state index in [1.807, 2.05) is 30.3 Å². The zero-order valence-electron chi connectivity index (χ0n) is 15.6. The summed E-state index contributed by atoms with van der Waals surface area (Å²) < 4.78 is 0. The van der Waals surface area contributed by atoms with E-state index in [-0.39, 0.29) is 0 Å². The number of hydrogen-bond donors (Lipinski definition) is 2. The SMILES string of the molecule is O=C(O)[C@@H](Cc1ccccc1)NC1CC2CCC(C1)N2Cc1ccccc1. The molecule has 4 heteroatoms. The van der Waals surface area contributed by atoms with E-state index in [0.717, 1.165) is 24.9 Å². The highest BCUT2D eigenvalue weighted by Gasteiger charge is 2.41. The molecule has 0 aliphatic carbocycles. The third-order valence-corrected chi connectivity index (χ3v) is 6.11.